The summed E-state index contributed by atoms with van der Waals surface area (Å²) < 4.78 is 0.768. The molecule has 0 bridgehead atoms. The smallest absolute Gasteiger partial charge is 0.190 e. The minimum atomic E-state index is 0.533. The first-order valence-electron chi connectivity index (χ1n) is 5.17. The van der Waals surface area contributed by atoms with E-state index in [0.717, 1.165) is 21.4 Å². The van der Waals surface area contributed by atoms with Crippen molar-refractivity contribution in [1.82, 2.24) is 9.97 Å². The largest absolute Gasteiger partial charge is 0.384 e. The molecule has 0 unspecified atom stereocenters. The molecule has 0 aliphatic heterocycles. The van der Waals surface area contributed by atoms with Gasteiger partial charge in [0.05, 0.1) is 0 Å². The van der Waals surface area contributed by atoms with Crippen LogP contribution in [0.4, 0.5) is 5.82 Å². The number of nitrogen functional groups attached to an aromatic ring is 1. The molecule has 1 fully saturated rings. The molecule has 1 aliphatic carbocycles. The van der Waals surface area contributed by atoms with E-state index < -0.39 is 0 Å². The lowest BCUT2D eigenvalue weighted by Crippen LogP contribution is -2.00. The fraction of sp³-hybridized carbons (Fsp3) is 0.600. The van der Waals surface area contributed by atoms with E-state index in [4.69, 9.17) is 5.73 Å². The van der Waals surface area contributed by atoms with Gasteiger partial charge in [-0.3, -0.25) is 0 Å². The van der Waals surface area contributed by atoms with Crippen LogP contribution in [0.3, 0.4) is 0 Å². The monoisotopic (exact) mass is 287 g/mol. The van der Waals surface area contributed by atoms with Crippen LogP contribution in [0.1, 0.15) is 25.7 Å². The van der Waals surface area contributed by atoms with Gasteiger partial charge in [0.1, 0.15) is 10.4 Å². The van der Waals surface area contributed by atoms with Crippen molar-refractivity contribution >= 4 is 33.5 Å². The number of halogens is 1. The zero-order valence-electron chi connectivity index (χ0n) is 8.45. The van der Waals surface area contributed by atoms with Gasteiger partial charge in [-0.2, -0.15) is 0 Å². The molecule has 3 nitrogen and oxygen atoms in total. The van der Waals surface area contributed by atoms with E-state index in [1.807, 2.05) is 0 Å². The fourth-order valence-corrected chi connectivity index (χ4v) is 3.42. The lowest BCUT2D eigenvalue weighted by molar-refractivity contribution is 0.622. The highest BCUT2D eigenvalue weighted by Crippen LogP contribution is 2.30. The first-order valence-corrected chi connectivity index (χ1v) is 6.95. The molecule has 1 aromatic rings. The Morgan fingerprint density at radius 2 is 2.13 bits per heavy atom. The van der Waals surface area contributed by atoms with E-state index in [-0.39, 0.29) is 0 Å². The second kappa shape index (κ2) is 5.16. The molecule has 0 aromatic carbocycles. The number of rotatable bonds is 3. The van der Waals surface area contributed by atoms with E-state index in [0.29, 0.717) is 5.82 Å². The lowest BCUT2D eigenvalue weighted by atomic mass is 10.1. The van der Waals surface area contributed by atoms with Gasteiger partial charge in [-0.15, -0.1) is 0 Å². The molecule has 1 aromatic heterocycles. The fourth-order valence-electron chi connectivity index (χ4n) is 1.85. The van der Waals surface area contributed by atoms with Crippen LogP contribution in [-0.2, 0) is 0 Å². The van der Waals surface area contributed by atoms with Crippen LogP contribution in [0.5, 0.6) is 0 Å². The number of anilines is 1. The van der Waals surface area contributed by atoms with Crippen LogP contribution in [0, 0.1) is 5.92 Å². The molecule has 15 heavy (non-hydrogen) atoms. The van der Waals surface area contributed by atoms with Crippen LogP contribution in [0.25, 0.3) is 0 Å². The van der Waals surface area contributed by atoms with E-state index in [1.165, 1.54) is 25.7 Å². The van der Waals surface area contributed by atoms with Gasteiger partial charge in [-0.25, -0.2) is 9.97 Å². The molecular weight excluding hydrogens is 274 g/mol. The standard InChI is InChI=1S/C10H14BrN3S/c11-8-5-9(12)14-10(13-8)15-6-7-3-1-2-4-7/h5,7H,1-4,6H2,(H2,12,13,14). The third-order valence-electron chi connectivity index (χ3n) is 2.62. The predicted octanol–water partition coefficient (Wildman–Crippen LogP) is 3.10. The van der Waals surface area contributed by atoms with Gasteiger partial charge in [0.25, 0.3) is 0 Å². The Morgan fingerprint density at radius 3 is 2.80 bits per heavy atom. The minimum Gasteiger partial charge on any atom is -0.384 e. The molecule has 0 spiro atoms. The van der Waals surface area contributed by atoms with Crippen molar-refractivity contribution in [3.8, 4) is 0 Å². The Balaban J connectivity index is 1.92. The number of nitrogens with two attached hydrogens (primary N) is 1. The minimum absolute atomic E-state index is 0.533. The van der Waals surface area contributed by atoms with Crippen molar-refractivity contribution in [1.29, 1.82) is 0 Å². The van der Waals surface area contributed by atoms with Crippen LogP contribution in [0.15, 0.2) is 15.8 Å². The van der Waals surface area contributed by atoms with Crippen LogP contribution >= 0.6 is 27.7 Å². The first-order chi connectivity index (χ1) is 7.24. The Hall–Kier alpha value is -0.290. The second-order valence-corrected chi connectivity index (χ2v) is 5.66. The highest BCUT2D eigenvalue weighted by molar-refractivity contribution is 9.10. The summed E-state index contributed by atoms with van der Waals surface area (Å²) in [6.07, 6.45) is 5.48. The molecule has 0 atom stereocenters. The third-order valence-corrected chi connectivity index (χ3v) is 4.10. The summed E-state index contributed by atoms with van der Waals surface area (Å²) in [5, 5.41) is 0.786. The summed E-state index contributed by atoms with van der Waals surface area (Å²) in [7, 11) is 0. The maximum Gasteiger partial charge on any atom is 0.190 e. The van der Waals surface area contributed by atoms with Crippen LogP contribution in [0.2, 0.25) is 0 Å². The Kier molecular flexibility index (Phi) is 3.86. The number of hydrogen-bond donors (Lipinski definition) is 1. The van der Waals surface area contributed by atoms with Crippen molar-refractivity contribution in [3.05, 3.63) is 10.7 Å². The molecule has 2 rings (SSSR count). The van der Waals surface area contributed by atoms with Gasteiger partial charge in [-0.1, -0.05) is 24.6 Å². The number of nitrogens with zero attached hydrogens (tertiary/aromatic N) is 2. The average Bonchev–Trinajstić information content (AvgIpc) is 2.65. The second-order valence-electron chi connectivity index (χ2n) is 3.86. The van der Waals surface area contributed by atoms with Crippen molar-refractivity contribution < 1.29 is 0 Å². The molecule has 0 radical (unpaired) electrons. The van der Waals surface area contributed by atoms with Gasteiger partial charge < -0.3 is 5.73 Å². The molecular formula is C10H14BrN3S. The topological polar surface area (TPSA) is 51.8 Å². The van der Waals surface area contributed by atoms with Gasteiger partial charge in [0.2, 0.25) is 0 Å². The lowest BCUT2D eigenvalue weighted by Gasteiger charge is -2.07. The van der Waals surface area contributed by atoms with Gasteiger partial charge in [0, 0.05) is 11.8 Å². The molecule has 1 heterocycles. The number of thioether (sulfide) groups is 1. The molecule has 1 saturated carbocycles. The maximum atomic E-state index is 5.65. The zero-order valence-corrected chi connectivity index (χ0v) is 10.9. The van der Waals surface area contributed by atoms with Crippen LogP contribution < -0.4 is 5.73 Å². The summed E-state index contributed by atoms with van der Waals surface area (Å²) in [5.41, 5.74) is 5.65. The highest BCUT2D eigenvalue weighted by atomic mass is 79.9. The van der Waals surface area contributed by atoms with E-state index in [1.54, 1.807) is 17.8 Å². The normalized spacial score (nSPS) is 17.1. The molecule has 1 aliphatic rings. The molecule has 82 valence electrons. The van der Waals surface area contributed by atoms with Gasteiger partial charge in [-0.05, 0) is 34.7 Å². The Morgan fingerprint density at radius 1 is 1.40 bits per heavy atom. The van der Waals surface area contributed by atoms with Crippen molar-refractivity contribution in [2.24, 2.45) is 5.92 Å². The molecule has 2 N–H and O–H groups in total. The Bertz CT molecular complexity index is 319. The first kappa shape index (κ1) is 11.2. The number of hydrogen-bond acceptors (Lipinski definition) is 4. The average molecular weight is 288 g/mol. The van der Waals surface area contributed by atoms with Crippen molar-refractivity contribution in [2.75, 3.05) is 11.5 Å². The summed E-state index contributed by atoms with van der Waals surface area (Å²) in [5.74, 6) is 2.50. The van der Waals surface area contributed by atoms with Gasteiger partial charge >= 0.3 is 0 Å². The Labute approximate surface area is 102 Å². The molecule has 0 saturated heterocycles. The van der Waals surface area contributed by atoms with Crippen LogP contribution in [-0.4, -0.2) is 15.7 Å². The summed E-state index contributed by atoms with van der Waals surface area (Å²) >= 11 is 5.04. The predicted molar refractivity (Wildman–Crippen MR) is 66.8 cm³/mol. The SMILES string of the molecule is Nc1cc(Br)nc(SCC2CCCC2)n1. The van der Waals surface area contributed by atoms with E-state index >= 15 is 0 Å². The maximum absolute atomic E-state index is 5.65. The number of aromatic nitrogens is 2. The van der Waals surface area contributed by atoms with E-state index in [9.17, 15) is 0 Å². The molecule has 0 amide bonds. The summed E-state index contributed by atoms with van der Waals surface area (Å²) in [4.78, 5) is 8.48. The van der Waals surface area contributed by atoms with E-state index in [2.05, 4.69) is 25.9 Å². The van der Waals surface area contributed by atoms with Crippen molar-refractivity contribution in [3.63, 3.8) is 0 Å². The van der Waals surface area contributed by atoms with Crippen molar-refractivity contribution in [2.45, 2.75) is 30.8 Å². The summed E-state index contributed by atoms with van der Waals surface area (Å²) in [6.45, 7) is 0. The zero-order chi connectivity index (χ0) is 10.7. The van der Waals surface area contributed by atoms with Gasteiger partial charge in [0.15, 0.2) is 5.16 Å². The molecule has 5 heteroatoms. The highest BCUT2D eigenvalue weighted by Gasteiger charge is 2.15. The summed E-state index contributed by atoms with van der Waals surface area (Å²) in [6, 6.07) is 1.72. The quantitative estimate of drug-likeness (QED) is 0.527. The third kappa shape index (κ3) is 3.34.